The predicted molar refractivity (Wildman–Crippen MR) is 76.7 cm³/mol. The van der Waals surface area contributed by atoms with Gasteiger partial charge in [-0.15, -0.1) is 0 Å². The molecule has 0 aliphatic heterocycles. The highest BCUT2D eigenvalue weighted by Crippen LogP contribution is 2.21. The second kappa shape index (κ2) is 6.23. The Balaban J connectivity index is 2.68. The molecule has 0 amide bonds. The molecule has 1 rings (SSSR count). The highest BCUT2D eigenvalue weighted by atomic mass is 16.3. The lowest BCUT2D eigenvalue weighted by atomic mass is 9.88. The summed E-state index contributed by atoms with van der Waals surface area (Å²) >= 11 is 0. The van der Waals surface area contributed by atoms with E-state index < -0.39 is 0 Å². The van der Waals surface area contributed by atoms with Crippen molar-refractivity contribution < 1.29 is 5.11 Å². The van der Waals surface area contributed by atoms with Crippen molar-refractivity contribution in [2.45, 2.75) is 46.7 Å². The van der Waals surface area contributed by atoms with Crippen LogP contribution < -0.4 is 5.32 Å². The van der Waals surface area contributed by atoms with Crippen molar-refractivity contribution in [2.24, 2.45) is 12.5 Å². The van der Waals surface area contributed by atoms with Gasteiger partial charge in [-0.2, -0.15) is 5.26 Å². The Morgan fingerprint density at radius 2 is 2.11 bits per heavy atom. The normalized spacial score (nSPS) is 13.3. The molecule has 0 aromatic carbocycles. The molecule has 1 atom stereocenters. The van der Waals surface area contributed by atoms with Crippen LogP contribution in [-0.4, -0.2) is 22.3 Å². The first-order valence-corrected chi connectivity index (χ1v) is 6.68. The van der Waals surface area contributed by atoms with Gasteiger partial charge in [0, 0.05) is 25.3 Å². The zero-order chi connectivity index (χ0) is 14.6. The van der Waals surface area contributed by atoms with Gasteiger partial charge in [0.05, 0.1) is 6.61 Å². The van der Waals surface area contributed by atoms with Crippen molar-refractivity contribution in [2.75, 3.05) is 6.61 Å². The Kier molecular flexibility index (Phi) is 5.16. The second-order valence-electron chi connectivity index (χ2n) is 6.34. The molecular weight excluding hydrogens is 238 g/mol. The Morgan fingerprint density at radius 1 is 1.47 bits per heavy atom. The van der Waals surface area contributed by atoms with E-state index in [4.69, 9.17) is 5.26 Å². The molecule has 0 saturated heterocycles. The molecule has 1 unspecified atom stereocenters. The van der Waals surface area contributed by atoms with E-state index in [9.17, 15) is 5.11 Å². The van der Waals surface area contributed by atoms with E-state index in [0.29, 0.717) is 12.2 Å². The number of nitrogens with one attached hydrogen (secondary N) is 1. The SMILES string of the molecule is Cc1c(CNC(CO)CC(C)(C)C)cc(C#N)n1C. The molecule has 0 spiro atoms. The first-order chi connectivity index (χ1) is 8.78. The first-order valence-electron chi connectivity index (χ1n) is 6.68. The topological polar surface area (TPSA) is 61.0 Å². The molecule has 19 heavy (non-hydrogen) atoms. The standard InChI is InChI=1S/C15H25N3O/c1-11-12(6-14(8-16)18(11)5)9-17-13(10-19)7-15(2,3)4/h6,13,17,19H,7,9-10H2,1-5H3. The molecule has 1 aromatic heterocycles. The fraction of sp³-hybridized carbons (Fsp3) is 0.667. The Morgan fingerprint density at radius 3 is 2.53 bits per heavy atom. The van der Waals surface area contributed by atoms with Gasteiger partial charge >= 0.3 is 0 Å². The summed E-state index contributed by atoms with van der Waals surface area (Å²) in [6.07, 6.45) is 0.917. The molecule has 0 aliphatic rings. The summed E-state index contributed by atoms with van der Waals surface area (Å²) in [6.45, 7) is 9.32. The van der Waals surface area contributed by atoms with E-state index in [0.717, 1.165) is 17.7 Å². The van der Waals surface area contributed by atoms with Crippen molar-refractivity contribution in [3.63, 3.8) is 0 Å². The molecule has 4 nitrogen and oxygen atoms in total. The summed E-state index contributed by atoms with van der Waals surface area (Å²) < 4.78 is 1.90. The predicted octanol–water partition coefficient (Wildman–Crippen LogP) is 2.09. The fourth-order valence-corrected chi connectivity index (χ4v) is 2.24. The molecular formula is C15H25N3O. The summed E-state index contributed by atoms with van der Waals surface area (Å²) in [5.41, 5.74) is 3.07. The highest BCUT2D eigenvalue weighted by molar-refractivity contribution is 5.34. The van der Waals surface area contributed by atoms with Crippen molar-refractivity contribution in [1.82, 2.24) is 9.88 Å². The van der Waals surface area contributed by atoms with Crippen LogP contribution in [0.2, 0.25) is 0 Å². The van der Waals surface area contributed by atoms with E-state index in [1.54, 1.807) is 0 Å². The maximum Gasteiger partial charge on any atom is 0.120 e. The van der Waals surface area contributed by atoms with Gasteiger partial charge in [0.1, 0.15) is 11.8 Å². The first kappa shape index (κ1) is 15.7. The number of hydrogen-bond donors (Lipinski definition) is 2. The minimum Gasteiger partial charge on any atom is -0.395 e. The lowest BCUT2D eigenvalue weighted by Gasteiger charge is -2.25. The second-order valence-corrected chi connectivity index (χ2v) is 6.34. The van der Waals surface area contributed by atoms with Crippen LogP contribution in [0.3, 0.4) is 0 Å². The van der Waals surface area contributed by atoms with Crippen molar-refractivity contribution >= 4 is 0 Å². The zero-order valence-corrected chi connectivity index (χ0v) is 12.6. The molecule has 1 heterocycles. The van der Waals surface area contributed by atoms with Crippen LogP contribution in [0.15, 0.2) is 6.07 Å². The number of nitriles is 1. The van der Waals surface area contributed by atoms with Gasteiger partial charge < -0.3 is 15.0 Å². The maximum absolute atomic E-state index is 9.42. The van der Waals surface area contributed by atoms with Gasteiger partial charge in [-0.3, -0.25) is 0 Å². The maximum atomic E-state index is 9.42. The van der Waals surface area contributed by atoms with E-state index in [1.165, 1.54) is 0 Å². The molecule has 0 radical (unpaired) electrons. The van der Waals surface area contributed by atoms with Crippen LogP contribution in [-0.2, 0) is 13.6 Å². The van der Waals surface area contributed by atoms with Crippen LogP contribution in [0.25, 0.3) is 0 Å². The van der Waals surface area contributed by atoms with Crippen LogP contribution in [0.5, 0.6) is 0 Å². The van der Waals surface area contributed by atoms with Crippen LogP contribution in [0.1, 0.15) is 44.1 Å². The van der Waals surface area contributed by atoms with E-state index in [2.05, 4.69) is 32.2 Å². The van der Waals surface area contributed by atoms with Gasteiger partial charge in [-0.25, -0.2) is 0 Å². The van der Waals surface area contributed by atoms with Crippen molar-refractivity contribution in [3.8, 4) is 6.07 Å². The number of aliphatic hydroxyl groups excluding tert-OH is 1. The van der Waals surface area contributed by atoms with E-state index in [-0.39, 0.29) is 18.1 Å². The zero-order valence-electron chi connectivity index (χ0n) is 12.6. The van der Waals surface area contributed by atoms with Crippen molar-refractivity contribution in [1.29, 1.82) is 5.26 Å². The van der Waals surface area contributed by atoms with E-state index >= 15 is 0 Å². The molecule has 1 aromatic rings. The third kappa shape index (κ3) is 4.38. The molecule has 0 fully saturated rings. The Hall–Kier alpha value is -1.31. The van der Waals surface area contributed by atoms with Gasteiger partial charge in [-0.05, 0) is 30.4 Å². The number of aromatic nitrogens is 1. The van der Waals surface area contributed by atoms with Gasteiger partial charge in [0.15, 0.2) is 0 Å². The summed E-state index contributed by atoms with van der Waals surface area (Å²) in [4.78, 5) is 0. The van der Waals surface area contributed by atoms with Crippen LogP contribution in [0.4, 0.5) is 0 Å². The van der Waals surface area contributed by atoms with Crippen LogP contribution >= 0.6 is 0 Å². The molecule has 0 bridgehead atoms. The minimum absolute atomic E-state index is 0.0881. The third-order valence-electron chi connectivity index (χ3n) is 3.42. The minimum atomic E-state index is 0.0881. The molecule has 2 N–H and O–H groups in total. The van der Waals surface area contributed by atoms with Gasteiger partial charge in [0.25, 0.3) is 0 Å². The number of nitrogens with zero attached hydrogens (tertiary/aromatic N) is 2. The number of hydrogen-bond acceptors (Lipinski definition) is 3. The molecule has 0 saturated carbocycles. The number of rotatable bonds is 5. The number of aliphatic hydroxyl groups is 1. The summed E-state index contributed by atoms with van der Waals surface area (Å²) in [5.74, 6) is 0. The third-order valence-corrected chi connectivity index (χ3v) is 3.42. The Labute approximate surface area is 116 Å². The Bertz CT molecular complexity index is 463. The summed E-state index contributed by atoms with van der Waals surface area (Å²) in [7, 11) is 1.90. The van der Waals surface area contributed by atoms with Crippen LogP contribution in [0, 0.1) is 23.7 Å². The van der Waals surface area contributed by atoms with Gasteiger partial charge in [-0.1, -0.05) is 20.8 Å². The summed E-state index contributed by atoms with van der Waals surface area (Å²) in [6, 6.07) is 4.18. The van der Waals surface area contributed by atoms with Gasteiger partial charge in [0.2, 0.25) is 0 Å². The highest BCUT2D eigenvalue weighted by Gasteiger charge is 2.18. The van der Waals surface area contributed by atoms with Crippen molar-refractivity contribution in [3.05, 3.63) is 23.0 Å². The molecule has 4 heteroatoms. The largest absolute Gasteiger partial charge is 0.395 e. The summed E-state index contributed by atoms with van der Waals surface area (Å²) in [5, 5.41) is 21.8. The van der Waals surface area contributed by atoms with E-state index in [1.807, 2.05) is 24.6 Å². The average Bonchev–Trinajstić information content (AvgIpc) is 2.60. The lowest BCUT2D eigenvalue weighted by Crippen LogP contribution is -2.35. The quantitative estimate of drug-likeness (QED) is 0.855. The smallest absolute Gasteiger partial charge is 0.120 e. The monoisotopic (exact) mass is 263 g/mol. The average molecular weight is 263 g/mol. The molecule has 0 aliphatic carbocycles. The fourth-order valence-electron chi connectivity index (χ4n) is 2.24. The lowest BCUT2D eigenvalue weighted by molar-refractivity contribution is 0.198. The molecule has 106 valence electrons.